The summed E-state index contributed by atoms with van der Waals surface area (Å²) in [6.45, 7) is 0.115. The molecule has 0 radical (unpaired) electrons. The van der Waals surface area contributed by atoms with Crippen molar-refractivity contribution in [1.82, 2.24) is 27.5 Å². The number of amides is 4. The van der Waals surface area contributed by atoms with Crippen molar-refractivity contribution in [2.45, 2.75) is 6.54 Å². The Bertz CT molecular complexity index is 1140. The van der Waals surface area contributed by atoms with Gasteiger partial charge in [-0.25, -0.2) is 0 Å². The first-order valence-electron chi connectivity index (χ1n) is 8.27. The van der Waals surface area contributed by atoms with Crippen molar-refractivity contribution < 1.29 is 40.2 Å². The van der Waals surface area contributed by atoms with Crippen LogP contribution in [0.4, 0.5) is 0 Å². The van der Waals surface area contributed by atoms with Crippen molar-refractivity contribution in [3.8, 4) is 0 Å². The van der Waals surface area contributed by atoms with E-state index in [4.69, 9.17) is 0 Å². The van der Waals surface area contributed by atoms with Gasteiger partial charge in [0.05, 0.1) is 6.54 Å². The molecule has 30 heavy (non-hydrogen) atoms. The van der Waals surface area contributed by atoms with E-state index in [1.807, 2.05) is 0 Å². The Morgan fingerprint density at radius 2 is 1.13 bits per heavy atom. The van der Waals surface area contributed by atoms with E-state index in [1.165, 1.54) is 29.2 Å². The van der Waals surface area contributed by atoms with Crippen LogP contribution in [0.2, 0.25) is 0 Å². The van der Waals surface area contributed by atoms with Crippen LogP contribution in [0.15, 0.2) is 48.8 Å². The Morgan fingerprint density at radius 1 is 0.700 bits per heavy atom. The number of pyridine rings is 1. The number of aromatic nitrogens is 1. The zero-order valence-corrected chi connectivity index (χ0v) is 17.9. The number of carbonyl (C=O) groups excluding carboxylic acids is 4. The summed E-state index contributed by atoms with van der Waals surface area (Å²) in [5.74, 6) is -1.97. The number of hydrogen-bond acceptors (Lipinski definition) is 7. The van der Waals surface area contributed by atoms with Crippen molar-refractivity contribution in [2.24, 2.45) is 0 Å². The summed E-state index contributed by atoms with van der Waals surface area (Å²) in [7, 11) is 0. The molecule has 2 aromatic carbocycles. The van der Waals surface area contributed by atoms with E-state index in [2.05, 4.69) is 10.3 Å². The van der Waals surface area contributed by atoms with Crippen LogP contribution in [0.5, 0.6) is 0 Å². The van der Waals surface area contributed by atoms with Crippen molar-refractivity contribution in [3.63, 3.8) is 0 Å². The zero-order chi connectivity index (χ0) is 18.7. The van der Waals surface area contributed by atoms with Crippen molar-refractivity contribution in [3.05, 3.63) is 76.6 Å². The molecular formula is C20H17N5O4Pt+2. The quantitative estimate of drug-likeness (QED) is 0.387. The molecule has 7 N–H and O–H groups in total. The minimum atomic E-state index is -0.532. The Morgan fingerprint density at radius 3 is 1.63 bits per heavy atom. The molecule has 3 heterocycles. The Balaban J connectivity index is 0.00000107. The molecule has 2 aliphatic heterocycles. The van der Waals surface area contributed by atoms with Gasteiger partial charge in [0, 0.05) is 45.4 Å². The topological polar surface area (TPSA) is 166 Å². The van der Waals surface area contributed by atoms with Crippen LogP contribution in [-0.4, -0.2) is 33.5 Å². The molecule has 0 unspecified atom stereocenters. The molecule has 10 heteroatoms. The number of nitrogens with zero attached hydrogens (tertiary/aromatic N) is 2. The SMILES string of the molecule is N.N.O=C1NC(=O)c2ccc3c4c(ccc1c24)C(=O)N(Cc1ccncc1)C3=O.[Pt+2]. The molecule has 4 amide bonds. The van der Waals surface area contributed by atoms with Crippen molar-refractivity contribution >= 4 is 34.4 Å². The summed E-state index contributed by atoms with van der Waals surface area (Å²) in [5, 5.41) is 3.00. The van der Waals surface area contributed by atoms with Crippen LogP contribution in [-0.2, 0) is 27.6 Å². The molecule has 9 nitrogen and oxygen atoms in total. The summed E-state index contributed by atoms with van der Waals surface area (Å²) < 4.78 is 0. The van der Waals surface area contributed by atoms with Crippen LogP contribution in [0.3, 0.4) is 0 Å². The minimum Gasteiger partial charge on any atom is -0.344 e. The number of nitrogens with one attached hydrogen (secondary N) is 1. The summed E-state index contributed by atoms with van der Waals surface area (Å²) >= 11 is 0. The second kappa shape index (κ2) is 8.23. The van der Waals surface area contributed by atoms with E-state index in [1.54, 1.807) is 24.5 Å². The van der Waals surface area contributed by atoms with E-state index in [0.717, 1.165) is 5.56 Å². The second-order valence-electron chi connectivity index (χ2n) is 6.41. The third-order valence-electron chi connectivity index (χ3n) is 4.92. The molecule has 154 valence electrons. The van der Waals surface area contributed by atoms with Gasteiger partial charge in [-0.1, -0.05) is 0 Å². The van der Waals surface area contributed by atoms with Gasteiger partial charge in [-0.05, 0) is 42.0 Å². The number of rotatable bonds is 2. The second-order valence-corrected chi connectivity index (χ2v) is 6.41. The van der Waals surface area contributed by atoms with E-state index < -0.39 is 23.6 Å². The third-order valence-corrected chi connectivity index (χ3v) is 4.92. The maximum absolute atomic E-state index is 13.0. The normalized spacial score (nSPS) is 13.8. The number of imide groups is 2. The number of carbonyl (C=O) groups is 4. The molecule has 0 saturated heterocycles. The fraction of sp³-hybridized carbons (Fsp3) is 0.0500. The summed E-state index contributed by atoms with van der Waals surface area (Å²) in [6, 6.07) is 9.58. The third kappa shape index (κ3) is 3.13. The predicted octanol–water partition coefficient (Wildman–Crippen LogP) is 2.24. The van der Waals surface area contributed by atoms with Crippen LogP contribution in [0.25, 0.3) is 10.8 Å². The first-order chi connectivity index (χ1) is 13.1. The molecular weight excluding hydrogens is 569 g/mol. The largest absolute Gasteiger partial charge is 2.00 e. The number of benzene rings is 2. The van der Waals surface area contributed by atoms with Gasteiger partial charge in [-0.15, -0.1) is 0 Å². The van der Waals surface area contributed by atoms with Crippen LogP contribution in [0.1, 0.15) is 47.0 Å². The van der Waals surface area contributed by atoms with E-state index >= 15 is 0 Å². The summed E-state index contributed by atoms with van der Waals surface area (Å²) in [4.78, 5) is 55.5. The summed E-state index contributed by atoms with van der Waals surface area (Å²) in [6.07, 6.45) is 3.19. The first kappa shape index (κ1) is 23.0. The van der Waals surface area contributed by atoms with Gasteiger partial charge in [0.2, 0.25) is 0 Å². The standard InChI is InChI=1S/C20H11N3O4.2H3N.Pt/c24-17-11-1-3-13-16-14(4-2-12(15(11)16)18(25)22-17)20(27)23(19(13)26)9-10-5-7-21-8-6-10;;;/h1-8H,9H2,(H,22,24,25);2*1H3;/q;;;+2. The smallest absolute Gasteiger partial charge is 0.344 e. The number of hydrogen-bond donors (Lipinski definition) is 3. The van der Waals surface area contributed by atoms with Crippen molar-refractivity contribution in [2.75, 3.05) is 0 Å². The first-order valence-corrected chi connectivity index (χ1v) is 8.27. The van der Waals surface area contributed by atoms with E-state index in [0.29, 0.717) is 21.9 Å². The molecule has 3 aromatic rings. The molecule has 0 spiro atoms. The zero-order valence-electron chi connectivity index (χ0n) is 15.6. The average molecular weight is 586 g/mol. The maximum atomic E-state index is 13.0. The molecule has 0 saturated carbocycles. The Kier molecular flexibility index (Phi) is 6.32. The maximum Gasteiger partial charge on any atom is 2.00 e. The Hall–Kier alpha value is -3.26. The van der Waals surface area contributed by atoms with Gasteiger partial charge in [-0.2, -0.15) is 0 Å². The van der Waals surface area contributed by atoms with Crippen LogP contribution >= 0.6 is 0 Å². The van der Waals surface area contributed by atoms with Crippen LogP contribution < -0.4 is 17.6 Å². The molecule has 2 aliphatic rings. The summed E-state index contributed by atoms with van der Waals surface area (Å²) in [5.41, 5.74) is 1.96. The Labute approximate surface area is 185 Å². The predicted molar refractivity (Wildman–Crippen MR) is 104 cm³/mol. The molecule has 0 atom stereocenters. The minimum absolute atomic E-state index is 0. The average Bonchev–Trinajstić information content (AvgIpc) is 2.68. The van der Waals surface area contributed by atoms with E-state index in [-0.39, 0.29) is 51.0 Å². The molecule has 5 rings (SSSR count). The molecule has 0 fully saturated rings. The van der Waals surface area contributed by atoms with Gasteiger partial charge in [0.15, 0.2) is 0 Å². The fourth-order valence-corrected chi connectivity index (χ4v) is 3.67. The van der Waals surface area contributed by atoms with Crippen molar-refractivity contribution in [1.29, 1.82) is 0 Å². The van der Waals surface area contributed by atoms with Gasteiger partial charge in [-0.3, -0.25) is 34.4 Å². The van der Waals surface area contributed by atoms with Gasteiger partial charge < -0.3 is 12.3 Å². The van der Waals surface area contributed by atoms with Gasteiger partial charge >= 0.3 is 21.1 Å². The fourth-order valence-electron chi connectivity index (χ4n) is 3.67. The molecule has 0 bridgehead atoms. The molecule has 1 aromatic heterocycles. The van der Waals surface area contributed by atoms with Crippen LogP contribution in [0, 0.1) is 0 Å². The van der Waals surface area contributed by atoms with Gasteiger partial charge in [0.1, 0.15) is 0 Å². The van der Waals surface area contributed by atoms with E-state index in [9.17, 15) is 19.2 Å². The monoisotopic (exact) mass is 586 g/mol. The van der Waals surface area contributed by atoms with Gasteiger partial charge in [0.25, 0.3) is 23.6 Å². The molecule has 0 aliphatic carbocycles.